The predicted octanol–water partition coefficient (Wildman–Crippen LogP) is 2.72. The smallest absolute Gasteiger partial charge is 0.295 e. The number of aliphatic hydroxyl groups is 1. The molecule has 7 nitrogen and oxygen atoms in total. The van der Waals surface area contributed by atoms with E-state index in [1.165, 1.54) is 36.3 Å². The summed E-state index contributed by atoms with van der Waals surface area (Å²) in [6.45, 7) is 1.62. The Bertz CT molecular complexity index is 1050. The third kappa shape index (κ3) is 3.74. The van der Waals surface area contributed by atoms with Crippen LogP contribution in [0.5, 0.6) is 5.75 Å². The minimum Gasteiger partial charge on any atom is -0.507 e. The highest BCUT2D eigenvalue weighted by molar-refractivity contribution is 6.46. The molecule has 2 heterocycles. The van der Waals surface area contributed by atoms with Gasteiger partial charge in [-0.25, -0.2) is 4.39 Å². The first-order valence-electron chi connectivity index (χ1n) is 9.93. The molecular formula is C23H23FN2O5. The molecule has 1 amide bonds. The molecule has 2 aliphatic rings. The third-order valence-corrected chi connectivity index (χ3v) is 5.59. The number of anilines is 1. The fourth-order valence-corrected chi connectivity index (χ4v) is 3.95. The number of rotatable bonds is 5. The van der Waals surface area contributed by atoms with Gasteiger partial charge < -0.3 is 24.4 Å². The Labute approximate surface area is 179 Å². The number of methoxy groups -OCH3 is 1. The minimum atomic E-state index is -0.847. The van der Waals surface area contributed by atoms with Gasteiger partial charge in [0, 0.05) is 26.3 Å². The second-order valence-corrected chi connectivity index (χ2v) is 7.49. The summed E-state index contributed by atoms with van der Waals surface area (Å²) in [6.07, 6.45) is 0. The van der Waals surface area contributed by atoms with Gasteiger partial charge in [-0.1, -0.05) is 12.1 Å². The Morgan fingerprint density at radius 3 is 2.68 bits per heavy atom. The van der Waals surface area contributed by atoms with Gasteiger partial charge >= 0.3 is 0 Å². The van der Waals surface area contributed by atoms with Crippen LogP contribution in [0.1, 0.15) is 17.2 Å². The van der Waals surface area contributed by atoms with Gasteiger partial charge in [0.15, 0.2) is 0 Å². The monoisotopic (exact) mass is 426 g/mol. The van der Waals surface area contributed by atoms with Gasteiger partial charge in [0.1, 0.15) is 23.9 Å². The first-order chi connectivity index (χ1) is 14.9. The van der Waals surface area contributed by atoms with Crippen molar-refractivity contribution in [1.82, 2.24) is 4.90 Å². The van der Waals surface area contributed by atoms with E-state index in [0.29, 0.717) is 30.0 Å². The second-order valence-electron chi connectivity index (χ2n) is 7.49. The number of carbonyl (C=O) groups is 2. The lowest BCUT2D eigenvalue weighted by molar-refractivity contribution is -0.140. The molecule has 1 N–H and O–H groups in total. The van der Waals surface area contributed by atoms with Gasteiger partial charge in [0.2, 0.25) is 0 Å². The van der Waals surface area contributed by atoms with Crippen LogP contribution in [0, 0.1) is 5.82 Å². The lowest BCUT2D eigenvalue weighted by atomic mass is 9.95. The number of aliphatic hydroxyl groups excluding tert-OH is 1. The van der Waals surface area contributed by atoms with Crippen molar-refractivity contribution in [3.63, 3.8) is 0 Å². The van der Waals surface area contributed by atoms with E-state index in [4.69, 9.17) is 9.47 Å². The molecule has 1 fully saturated rings. The number of benzene rings is 2. The summed E-state index contributed by atoms with van der Waals surface area (Å²) in [4.78, 5) is 29.0. The average molecular weight is 426 g/mol. The minimum absolute atomic E-state index is 0.0351. The lowest BCUT2D eigenvalue weighted by Crippen LogP contribution is -2.32. The molecule has 0 bridgehead atoms. The van der Waals surface area contributed by atoms with Crippen LogP contribution in [0.4, 0.5) is 10.1 Å². The number of ether oxygens (including phenoxy) is 2. The number of Topliss-reactive ketones (excluding diaryl/α,β-unsaturated/α-hetero) is 1. The second kappa shape index (κ2) is 8.39. The Balaban J connectivity index is 1.84. The molecule has 0 radical (unpaired) electrons. The summed E-state index contributed by atoms with van der Waals surface area (Å²) in [5, 5.41) is 11.1. The fourth-order valence-electron chi connectivity index (χ4n) is 3.95. The van der Waals surface area contributed by atoms with Crippen molar-refractivity contribution < 1.29 is 28.6 Å². The molecule has 162 valence electrons. The van der Waals surface area contributed by atoms with E-state index >= 15 is 0 Å². The van der Waals surface area contributed by atoms with E-state index in [-0.39, 0.29) is 24.5 Å². The third-order valence-electron chi connectivity index (χ3n) is 5.59. The van der Waals surface area contributed by atoms with E-state index in [1.54, 1.807) is 18.2 Å². The number of likely N-dealkylation sites (tertiary alicyclic amines) is 1. The molecule has 0 spiro atoms. The van der Waals surface area contributed by atoms with Crippen LogP contribution in [0.2, 0.25) is 0 Å². The molecule has 4 rings (SSSR count). The van der Waals surface area contributed by atoms with Crippen molar-refractivity contribution in [1.29, 1.82) is 0 Å². The molecule has 31 heavy (non-hydrogen) atoms. The highest BCUT2D eigenvalue weighted by atomic mass is 19.1. The van der Waals surface area contributed by atoms with Crippen LogP contribution in [0.3, 0.4) is 0 Å². The number of carbonyl (C=O) groups excluding carboxylic acids is 2. The van der Waals surface area contributed by atoms with Crippen LogP contribution in [-0.4, -0.2) is 62.2 Å². The summed E-state index contributed by atoms with van der Waals surface area (Å²) in [7, 11) is 3.41. The molecular weight excluding hydrogens is 403 g/mol. The largest absolute Gasteiger partial charge is 0.507 e. The first-order valence-corrected chi connectivity index (χ1v) is 9.93. The molecule has 0 saturated carbocycles. The Morgan fingerprint density at radius 1 is 1.23 bits per heavy atom. The fraction of sp³-hybridized carbons (Fsp3) is 0.304. The summed E-state index contributed by atoms with van der Waals surface area (Å²) < 4.78 is 24.2. The number of likely N-dealkylation sites (N-methyl/N-ethyl adjacent to an activating group) is 1. The summed E-state index contributed by atoms with van der Waals surface area (Å²) in [6, 6.07) is 9.80. The number of fused-ring (bicyclic) bond motifs is 1. The van der Waals surface area contributed by atoms with Gasteiger partial charge in [0.05, 0.1) is 30.5 Å². The van der Waals surface area contributed by atoms with Crippen LogP contribution in [0.15, 0.2) is 48.0 Å². The maximum absolute atomic E-state index is 13.5. The lowest BCUT2D eigenvalue weighted by Gasteiger charge is -2.28. The van der Waals surface area contributed by atoms with Crippen molar-refractivity contribution in [3.05, 3.63) is 65.0 Å². The van der Waals surface area contributed by atoms with Crippen LogP contribution < -0.4 is 9.64 Å². The predicted molar refractivity (Wildman–Crippen MR) is 112 cm³/mol. The van der Waals surface area contributed by atoms with E-state index < -0.39 is 23.5 Å². The number of amides is 1. The quantitative estimate of drug-likeness (QED) is 0.450. The van der Waals surface area contributed by atoms with Crippen LogP contribution in [-0.2, 0) is 14.3 Å². The van der Waals surface area contributed by atoms with Gasteiger partial charge in [-0.05, 0) is 35.9 Å². The number of hydrogen-bond donors (Lipinski definition) is 1. The van der Waals surface area contributed by atoms with Gasteiger partial charge in [-0.3, -0.25) is 9.59 Å². The topological polar surface area (TPSA) is 79.3 Å². The molecule has 0 aromatic heterocycles. The maximum Gasteiger partial charge on any atom is 0.295 e. The SMILES string of the molecule is COCCN1C(=O)C(=O)/C(=C(\O)c2ccc3c(c2)N(C)CCO3)C1c1ccc(F)cc1. The Kier molecular flexibility index (Phi) is 5.65. The summed E-state index contributed by atoms with van der Waals surface area (Å²) in [5.41, 5.74) is 1.67. The van der Waals surface area contributed by atoms with E-state index in [2.05, 4.69) is 0 Å². The summed E-state index contributed by atoms with van der Waals surface area (Å²) >= 11 is 0. The maximum atomic E-state index is 13.5. The van der Waals surface area contributed by atoms with Gasteiger partial charge in [0.25, 0.3) is 11.7 Å². The zero-order valence-corrected chi connectivity index (χ0v) is 17.3. The number of nitrogens with zero attached hydrogens (tertiary/aromatic N) is 2. The first kappa shape index (κ1) is 20.9. The number of hydrogen-bond acceptors (Lipinski definition) is 6. The van der Waals surface area contributed by atoms with Crippen molar-refractivity contribution in [2.45, 2.75) is 6.04 Å². The molecule has 1 saturated heterocycles. The van der Waals surface area contributed by atoms with E-state index in [0.717, 1.165) is 5.69 Å². The molecule has 2 aromatic rings. The van der Waals surface area contributed by atoms with Crippen molar-refractivity contribution in [2.24, 2.45) is 0 Å². The standard InChI is InChI=1S/C23H23FN2O5/c1-25-9-12-31-18-8-5-15(13-17(18)25)21(27)19-20(14-3-6-16(24)7-4-14)26(10-11-30-2)23(29)22(19)28/h3-8,13,20,27H,9-12H2,1-2H3/b21-19-. The van der Waals surface area contributed by atoms with Crippen molar-refractivity contribution in [2.75, 3.05) is 45.4 Å². The highest BCUT2D eigenvalue weighted by Gasteiger charge is 2.46. The van der Waals surface area contributed by atoms with E-state index in [1.807, 2.05) is 11.9 Å². The van der Waals surface area contributed by atoms with E-state index in [9.17, 15) is 19.1 Å². The Hall–Kier alpha value is -3.39. The molecule has 1 unspecified atom stereocenters. The average Bonchev–Trinajstić information content (AvgIpc) is 3.02. The molecule has 1 atom stereocenters. The van der Waals surface area contributed by atoms with Crippen molar-refractivity contribution >= 4 is 23.1 Å². The zero-order chi connectivity index (χ0) is 22.1. The number of halogens is 1. The normalized spacial score (nSPS) is 20.0. The zero-order valence-electron chi connectivity index (χ0n) is 17.3. The van der Waals surface area contributed by atoms with Crippen LogP contribution >= 0.6 is 0 Å². The highest BCUT2D eigenvalue weighted by Crippen LogP contribution is 2.41. The van der Waals surface area contributed by atoms with Crippen LogP contribution in [0.25, 0.3) is 5.76 Å². The molecule has 8 heteroatoms. The molecule has 0 aliphatic carbocycles. The molecule has 2 aromatic carbocycles. The van der Waals surface area contributed by atoms with Crippen molar-refractivity contribution in [3.8, 4) is 5.75 Å². The van der Waals surface area contributed by atoms with Gasteiger partial charge in [-0.15, -0.1) is 0 Å². The number of ketones is 1. The molecule has 2 aliphatic heterocycles. The summed E-state index contributed by atoms with van der Waals surface area (Å²) in [5.74, 6) is -1.55. The van der Waals surface area contributed by atoms with Gasteiger partial charge in [-0.2, -0.15) is 0 Å². The Morgan fingerprint density at radius 2 is 1.97 bits per heavy atom.